The molecule has 0 saturated carbocycles. The lowest BCUT2D eigenvalue weighted by Gasteiger charge is -2.10. The van der Waals surface area contributed by atoms with Crippen LogP contribution in [0.25, 0.3) is 26.1 Å². The molecule has 0 amide bonds. The molecule has 0 aromatic carbocycles. The van der Waals surface area contributed by atoms with E-state index in [0.717, 1.165) is 6.07 Å². The van der Waals surface area contributed by atoms with Crippen molar-refractivity contribution in [2.45, 2.75) is 39.4 Å². The molecule has 5 aromatic heterocycles. The molecule has 5 rings (SSSR count). The molecule has 0 fully saturated rings. The van der Waals surface area contributed by atoms with Crippen LogP contribution in [0.3, 0.4) is 0 Å². The predicted octanol–water partition coefficient (Wildman–Crippen LogP) is 5.27. The first-order valence-corrected chi connectivity index (χ1v) is 10.2. The van der Waals surface area contributed by atoms with Crippen molar-refractivity contribution in [3.63, 3.8) is 0 Å². The number of alkyl halides is 5. The quantitative estimate of drug-likeness (QED) is 0.338. The third kappa shape index (κ3) is 3.10. The molecule has 0 aliphatic rings. The normalized spacial score (nSPS) is 13.8. The minimum atomic E-state index is -4.56. The van der Waals surface area contributed by atoms with Crippen molar-refractivity contribution in [2.75, 3.05) is 0 Å². The number of rotatable bonds is 3. The van der Waals surface area contributed by atoms with Gasteiger partial charge < -0.3 is 0 Å². The number of fused-ring (bicyclic) bond motifs is 5. The fraction of sp³-hybridized carbons (Fsp3) is 0.316. The van der Waals surface area contributed by atoms with Gasteiger partial charge in [0.1, 0.15) is 27.6 Å². The summed E-state index contributed by atoms with van der Waals surface area (Å²) in [5, 5.41) is 8.69. The van der Waals surface area contributed by atoms with Gasteiger partial charge in [0.25, 0.3) is 6.43 Å². The van der Waals surface area contributed by atoms with Crippen LogP contribution in [0.2, 0.25) is 0 Å². The van der Waals surface area contributed by atoms with Gasteiger partial charge >= 0.3 is 6.18 Å². The molecule has 5 heterocycles. The van der Waals surface area contributed by atoms with Crippen LogP contribution < -0.4 is 0 Å². The third-order valence-corrected chi connectivity index (χ3v) is 6.25. The van der Waals surface area contributed by atoms with Gasteiger partial charge in [0, 0.05) is 11.1 Å². The maximum Gasteiger partial charge on any atom is 0.435 e. The molecule has 0 saturated heterocycles. The van der Waals surface area contributed by atoms with Gasteiger partial charge in [0.15, 0.2) is 17.2 Å². The van der Waals surface area contributed by atoms with E-state index in [2.05, 4.69) is 25.1 Å². The summed E-state index contributed by atoms with van der Waals surface area (Å²) >= 11 is 1.17. The zero-order valence-electron chi connectivity index (χ0n) is 16.8. The molecule has 0 N–H and O–H groups in total. The van der Waals surface area contributed by atoms with Gasteiger partial charge in [-0.1, -0.05) is 0 Å². The molecule has 0 aliphatic carbocycles. The standard InChI is InChI=1S/C19H14F5N7S/c1-7-4-10(15(20)21)26-18-12(7)13-14(32-18)17-27-16(29-30(17)6-25-13)9(3)31-8(2)5-11(28-31)19(22,23)24/h4-6,9,15H,1-3H3. The van der Waals surface area contributed by atoms with Gasteiger partial charge in [-0.3, -0.25) is 4.68 Å². The highest BCUT2D eigenvalue weighted by Crippen LogP contribution is 2.37. The van der Waals surface area contributed by atoms with E-state index in [0.29, 0.717) is 37.3 Å². The molecular weight excluding hydrogens is 453 g/mol. The number of hydrogen-bond acceptors (Lipinski definition) is 6. The largest absolute Gasteiger partial charge is 0.435 e. The topological polar surface area (TPSA) is 73.8 Å². The number of pyridine rings is 1. The van der Waals surface area contributed by atoms with E-state index < -0.39 is 24.3 Å². The molecular formula is C19H14F5N7S. The summed E-state index contributed by atoms with van der Waals surface area (Å²) in [5.41, 5.74) is 0.600. The van der Waals surface area contributed by atoms with E-state index in [1.54, 1.807) is 13.8 Å². The zero-order chi connectivity index (χ0) is 22.9. The number of thiophene rings is 1. The molecule has 0 aliphatic heterocycles. The summed E-state index contributed by atoms with van der Waals surface area (Å²) < 4.78 is 68.7. The van der Waals surface area contributed by atoms with E-state index in [9.17, 15) is 22.0 Å². The Bertz CT molecular complexity index is 1500. The van der Waals surface area contributed by atoms with Crippen LogP contribution in [-0.2, 0) is 6.18 Å². The second kappa shape index (κ2) is 6.89. The van der Waals surface area contributed by atoms with Crippen molar-refractivity contribution in [3.8, 4) is 0 Å². The summed E-state index contributed by atoms with van der Waals surface area (Å²) in [6, 6.07) is 1.62. The molecule has 1 atom stereocenters. The van der Waals surface area contributed by atoms with Gasteiger partial charge in [0.2, 0.25) is 0 Å². The van der Waals surface area contributed by atoms with Crippen LogP contribution in [0.4, 0.5) is 22.0 Å². The maximum atomic E-state index is 13.2. The monoisotopic (exact) mass is 467 g/mol. The minimum absolute atomic E-state index is 0.245. The third-order valence-electron chi connectivity index (χ3n) is 5.18. The summed E-state index contributed by atoms with van der Waals surface area (Å²) in [5.74, 6) is 0.245. The van der Waals surface area contributed by atoms with Crippen molar-refractivity contribution >= 4 is 37.4 Å². The highest BCUT2D eigenvalue weighted by atomic mass is 32.1. The first kappa shape index (κ1) is 20.7. The van der Waals surface area contributed by atoms with Gasteiger partial charge in [0.05, 0.1) is 5.52 Å². The van der Waals surface area contributed by atoms with Crippen LogP contribution >= 0.6 is 11.3 Å². The Labute approximate surface area is 180 Å². The maximum absolute atomic E-state index is 13.2. The molecule has 13 heteroatoms. The Kier molecular flexibility index (Phi) is 4.45. The number of aryl methyl sites for hydroxylation is 2. The van der Waals surface area contributed by atoms with Gasteiger partial charge in [-0.15, -0.1) is 16.4 Å². The van der Waals surface area contributed by atoms with E-state index in [4.69, 9.17) is 0 Å². The fourth-order valence-electron chi connectivity index (χ4n) is 3.67. The Balaban J connectivity index is 1.66. The van der Waals surface area contributed by atoms with Gasteiger partial charge in [-0.05, 0) is 38.5 Å². The van der Waals surface area contributed by atoms with E-state index in [-0.39, 0.29) is 11.5 Å². The highest BCUT2D eigenvalue weighted by Gasteiger charge is 2.35. The highest BCUT2D eigenvalue weighted by molar-refractivity contribution is 7.26. The van der Waals surface area contributed by atoms with Crippen LogP contribution in [0.5, 0.6) is 0 Å². The average molecular weight is 467 g/mol. The van der Waals surface area contributed by atoms with Crippen molar-refractivity contribution in [3.05, 3.63) is 46.9 Å². The zero-order valence-corrected chi connectivity index (χ0v) is 17.6. The molecule has 5 aromatic rings. The first-order chi connectivity index (χ1) is 15.0. The lowest BCUT2D eigenvalue weighted by atomic mass is 10.1. The summed E-state index contributed by atoms with van der Waals surface area (Å²) in [6.45, 7) is 4.88. The van der Waals surface area contributed by atoms with Crippen molar-refractivity contribution in [1.82, 2.24) is 34.3 Å². The number of hydrogen-bond donors (Lipinski definition) is 0. The Morgan fingerprint density at radius 2 is 1.81 bits per heavy atom. The number of halogens is 5. The molecule has 7 nitrogen and oxygen atoms in total. The number of nitrogens with zero attached hydrogens (tertiary/aromatic N) is 7. The van der Waals surface area contributed by atoms with Crippen molar-refractivity contribution < 1.29 is 22.0 Å². The van der Waals surface area contributed by atoms with E-state index >= 15 is 0 Å². The van der Waals surface area contributed by atoms with Crippen LogP contribution in [0.1, 0.15) is 47.9 Å². The van der Waals surface area contributed by atoms with Crippen LogP contribution in [0, 0.1) is 13.8 Å². The molecule has 0 bridgehead atoms. The molecule has 1 unspecified atom stereocenters. The first-order valence-electron chi connectivity index (χ1n) is 9.41. The summed E-state index contributed by atoms with van der Waals surface area (Å²) in [4.78, 5) is 13.4. The summed E-state index contributed by atoms with van der Waals surface area (Å²) in [7, 11) is 0. The second-order valence-corrected chi connectivity index (χ2v) is 8.40. The van der Waals surface area contributed by atoms with Gasteiger partial charge in [-0.2, -0.15) is 18.3 Å². The Morgan fingerprint density at radius 3 is 2.47 bits per heavy atom. The van der Waals surface area contributed by atoms with Crippen molar-refractivity contribution in [2.24, 2.45) is 0 Å². The Morgan fingerprint density at radius 1 is 1.06 bits per heavy atom. The van der Waals surface area contributed by atoms with Crippen LogP contribution in [0.15, 0.2) is 18.5 Å². The molecule has 166 valence electrons. The summed E-state index contributed by atoms with van der Waals surface area (Å²) in [6.07, 6.45) is -5.82. The molecule has 0 radical (unpaired) electrons. The molecule has 32 heavy (non-hydrogen) atoms. The molecule has 0 spiro atoms. The Hall–Kier alpha value is -3.22. The minimum Gasteiger partial charge on any atom is -0.259 e. The SMILES string of the molecule is Cc1cc(C(F)F)nc2sc3c(ncn4nc(C(C)n5nc(C(F)(F)F)cc5C)nc34)c12. The smallest absolute Gasteiger partial charge is 0.259 e. The fourth-order valence-corrected chi connectivity index (χ4v) is 4.85. The predicted molar refractivity (Wildman–Crippen MR) is 107 cm³/mol. The van der Waals surface area contributed by atoms with E-state index in [1.165, 1.54) is 39.9 Å². The lowest BCUT2D eigenvalue weighted by molar-refractivity contribution is -0.141. The van der Waals surface area contributed by atoms with E-state index in [1.807, 2.05) is 0 Å². The average Bonchev–Trinajstić information content (AvgIpc) is 3.40. The lowest BCUT2D eigenvalue weighted by Crippen LogP contribution is -2.14. The number of aromatic nitrogens is 7. The van der Waals surface area contributed by atoms with Crippen LogP contribution in [-0.4, -0.2) is 34.3 Å². The van der Waals surface area contributed by atoms with Gasteiger partial charge in [-0.25, -0.2) is 28.2 Å². The van der Waals surface area contributed by atoms with Crippen molar-refractivity contribution in [1.29, 1.82) is 0 Å². The second-order valence-electron chi connectivity index (χ2n) is 7.40.